The van der Waals surface area contributed by atoms with Gasteiger partial charge in [0.2, 0.25) is 11.8 Å². The first-order valence-electron chi connectivity index (χ1n) is 7.24. The summed E-state index contributed by atoms with van der Waals surface area (Å²) in [7, 11) is 1.25. The first-order valence-corrected chi connectivity index (χ1v) is 7.99. The summed E-state index contributed by atoms with van der Waals surface area (Å²) < 4.78 is 4.60. The van der Waals surface area contributed by atoms with Gasteiger partial charge >= 0.3 is 5.97 Å². The zero-order chi connectivity index (χ0) is 17.7. The monoisotopic (exact) mass is 373 g/mol. The Bertz CT molecular complexity index is 654. The number of nitrogens with one attached hydrogen (secondary N) is 2. The fourth-order valence-electron chi connectivity index (χ4n) is 2.38. The summed E-state index contributed by atoms with van der Waals surface area (Å²) in [4.78, 5) is 37.3. The van der Waals surface area contributed by atoms with Gasteiger partial charge in [0.05, 0.1) is 30.8 Å². The van der Waals surface area contributed by atoms with Gasteiger partial charge in [-0.1, -0.05) is 23.2 Å². The normalized spacial score (nSPS) is 18.0. The Morgan fingerprint density at radius 3 is 2.88 bits per heavy atom. The molecule has 1 fully saturated rings. The van der Waals surface area contributed by atoms with Gasteiger partial charge in [0.25, 0.3) is 0 Å². The average Bonchev–Trinajstić information content (AvgIpc) is 2.54. The molecule has 1 aromatic rings. The van der Waals surface area contributed by atoms with E-state index in [-0.39, 0.29) is 24.8 Å². The number of esters is 1. The van der Waals surface area contributed by atoms with Crippen molar-refractivity contribution in [3.05, 3.63) is 28.2 Å². The molecular weight excluding hydrogens is 357 g/mol. The van der Waals surface area contributed by atoms with E-state index in [4.69, 9.17) is 23.2 Å². The maximum Gasteiger partial charge on any atom is 0.307 e. The maximum absolute atomic E-state index is 12.2. The third-order valence-corrected chi connectivity index (χ3v) is 4.14. The van der Waals surface area contributed by atoms with E-state index in [2.05, 4.69) is 15.4 Å². The lowest BCUT2D eigenvalue weighted by atomic mass is 10.1. The molecule has 2 amide bonds. The summed E-state index contributed by atoms with van der Waals surface area (Å²) in [5.41, 5.74) is 0.389. The first kappa shape index (κ1) is 18.5. The van der Waals surface area contributed by atoms with Crippen LogP contribution in [0.5, 0.6) is 0 Å². The van der Waals surface area contributed by atoms with Crippen LogP contribution in [0.3, 0.4) is 0 Å². The third kappa shape index (κ3) is 4.83. The maximum atomic E-state index is 12.2. The van der Waals surface area contributed by atoms with Crippen LogP contribution in [0, 0.1) is 0 Å². The van der Waals surface area contributed by atoms with Gasteiger partial charge in [-0.2, -0.15) is 0 Å². The molecular formula is C15H17Cl2N3O4. The number of anilines is 1. The van der Waals surface area contributed by atoms with Crippen LogP contribution in [-0.4, -0.2) is 55.5 Å². The molecule has 0 radical (unpaired) electrons. The lowest BCUT2D eigenvalue weighted by molar-refractivity contribution is -0.146. The van der Waals surface area contributed by atoms with Gasteiger partial charge < -0.3 is 15.4 Å². The Morgan fingerprint density at radius 1 is 1.42 bits per heavy atom. The molecule has 0 spiro atoms. The lowest BCUT2D eigenvalue weighted by Gasteiger charge is -2.33. The third-order valence-electron chi connectivity index (χ3n) is 3.58. The van der Waals surface area contributed by atoms with Gasteiger partial charge in [0.15, 0.2) is 0 Å². The molecule has 1 aliphatic rings. The quantitative estimate of drug-likeness (QED) is 0.759. The van der Waals surface area contributed by atoms with Crippen molar-refractivity contribution < 1.29 is 19.1 Å². The Labute approximate surface area is 149 Å². The molecule has 2 N–H and O–H groups in total. The summed E-state index contributed by atoms with van der Waals surface area (Å²) in [6.07, 6.45) is -0.118. The minimum Gasteiger partial charge on any atom is -0.469 e. The fraction of sp³-hybridized carbons (Fsp3) is 0.400. The number of hydrogen-bond acceptors (Lipinski definition) is 5. The Balaban J connectivity index is 2.03. The predicted molar refractivity (Wildman–Crippen MR) is 90.1 cm³/mol. The molecule has 1 atom stereocenters. The van der Waals surface area contributed by atoms with Crippen molar-refractivity contribution in [3.8, 4) is 0 Å². The molecule has 7 nitrogen and oxygen atoms in total. The predicted octanol–water partition coefficient (Wildman–Crippen LogP) is 1.30. The summed E-state index contributed by atoms with van der Waals surface area (Å²) in [6.45, 7) is 0.795. The number of benzene rings is 1. The number of halogens is 2. The molecule has 2 rings (SSSR count). The van der Waals surface area contributed by atoms with E-state index in [1.807, 2.05) is 0 Å². The molecule has 0 bridgehead atoms. The number of amides is 2. The second kappa shape index (κ2) is 8.32. The number of carbonyl (C=O) groups excluding carboxylic acids is 3. The highest BCUT2D eigenvalue weighted by atomic mass is 35.5. The summed E-state index contributed by atoms with van der Waals surface area (Å²) in [5, 5.41) is 6.13. The van der Waals surface area contributed by atoms with E-state index in [0.29, 0.717) is 28.8 Å². The van der Waals surface area contributed by atoms with Crippen molar-refractivity contribution in [1.82, 2.24) is 10.2 Å². The van der Waals surface area contributed by atoms with Crippen LogP contribution in [0.4, 0.5) is 5.69 Å². The SMILES string of the molecule is COC(=O)C[C@H]1C(=O)NCCN1CC(=O)Nc1cc(Cl)ccc1Cl. The summed E-state index contributed by atoms with van der Waals surface area (Å²) in [6, 6.07) is 3.98. The molecule has 1 saturated heterocycles. The summed E-state index contributed by atoms with van der Waals surface area (Å²) >= 11 is 11.9. The zero-order valence-electron chi connectivity index (χ0n) is 13.0. The second-order valence-corrected chi connectivity index (χ2v) is 6.07. The number of rotatable bonds is 5. The van der Waals surface area contributed by atoms with Gasteiger partial charge in [0, 0.05) is 18.1 Å². The largest absolute Gasteiger partial charge is 0.469 e. The minimum atomic E-state index is -0.744. The molecule has 1 aromatic carbocycles. The molecule has 1 heterocycles. The van der Waals surface area contributed by atoms with Crippen molar-refractivity contribution in [2.24, 2.45) is 0 Å². The van der Waals surface area contributed by atoms with Crippen LogP contribution in [0.2, 0.25) is 10.0 Å². The molecule has 1 aliphatic heterocycles. The molecule has 0 saturated carbocycles. The van der Waals surface area contributed by atoms with E-state index < -0.39 is 12.0 Å². The number of hydrogen-bond donors (Lipinski definition) is 2. The van der Waals surface area contributed by atoms with Gasteiger partial charge in [-0.15, -0.1) is 0 Å². The van der Waals surface area contributed by atoms with Crippen LogP contribution < -0.4 is 10.6 Å². The molecule has 24 heavy (non-hydrogen) atoms. The highest BCUT2D eigenvalue weighted by molar-refractivity contribution is 6.35. The minimum absolute atomic E-state index is 0.0576. The van der Waals surface area contributed by atoms with Crippen molar-refractivity contribution in [3.63, 3.8) is 0 Å². The number of ether oxygens (including phenoxy) is 1. The standard InChI is InChI=1S/C15H17Cl2N3O4/c1-24-14(22)7-12-15(23)18-4-5-20(12)8-13(21)19-11-6-9(16)2-3-10(11)17/h2-3,6,12H,4-5,7-8H2,1H3,(H,18,23)(H,19,21)/t12-/m0/s1. The number of carbonyl (C=O) groups is 3. The van der Waals surface area contributed by atoms with Crippen LogP contribution in [0.1, 0.15) is 6.42 Å². The molecule has 0 aromatic heterocycles. The Hall–Kier alpha value is -1.83. The average molecular weight is 374 g/mol. The first-order chi connectivity index (χ1) is 11.4. The van der Waals surface area contributed by atoms with Crippen LogP contribution in [0.15, 0.2) is 18.2 Å². The van der Waals surface area contributed by atoms with Crippen molar-refractivity contribution >= 4 is 46.7 Å². The lowest BCUT2D eigenvalue weighted by Crippen LogP contribution is -2.57. The number of nitrogens with zero attached hydrogens (tertiary/aromatic N) is 1. The van der Waals surface area contributed by atoms with Crippen LogP contribution >= 0.6 is 23.2 Å². The van der Waals surface area contributed by atoms with Crippen molar-refractivity contribution in [1.29, 1.82) is 0 Å². The van der Waals surface area contributed by atoms with E-state index in [9.17, 15) is 14.4 Å². The Morgan fingerprint density at radius 2 is 2.17 bits per heavy atom. The molecule has 9 heteroatoms. The van der Waals surface area contributed by atoms with Crippen molar-refractivity contribution in [2.45, 2.75) is 12.5 Å². The zero-order valence-corrected chi connectivity index (χ0v) is 14.5. The van der Waals surface area contributed by atoms with Crippen LogP contribution in [-0.2, 0) is 19.1 Å². The van der Waals surface area contributed by atoms with E-state index in [0.717, 1.165) is 0 Å². The smallest absolute Gasteiger partial charge is 0.307 e. The van der Waals surface area contributed by atoms with Gasteiger partial charge in [-0.25, -0.2) is 0 Å². The topological polar surface area (TPSA) is 87.7 Å². The Kier molecular flexibility index (Phi) is 6.42. The van der Waals surface area contributed by atoms with E-state index in [1.165, 1.54) is 13.2 Å². The second-order valence-electron chi connectivity index (χ2n) is 5.23. The summed E-state index contributed by atoms with van der Waals surface area (Å²) in [5.74, 6) is -1.18. The number of piperazine rings is 1. The number of methoxy groups -OCH3 is 1. The highest BCUT2D eigenvalue weighted by Crippen LogP contribution is 2.25. The fourth-order valence-corrected chi connectivity index (χ4v) is 2.72. The van der Waals surface area contributed by atoms with Gasteiger partial charge in [-0.3, -0.25) is 19.3 Å². The molecule has 0 unspecified atom stereocenters. The van der Waals surface area contributed by atoms with Gasteiger partial charge in [-0.05, 0) is 18.2 Å². The van der Waals surface area contributed by atoms with Crippen LogP contribution in [0.25, 0.3) is 0 Å². The van der Waals surface area contributed by atoms with E-state index >= 15 is 0 Å². The van der Waals surface area contributed by atoms with Gasteiger partial charge in [0.1, 0.15) is 6.04 Å². The highest BCUT2D eigenvalue weighted by Gasteiger charge is 2.33. The molecule has 130 valence electrons. The van der Waals surface area contributed by atoms with E-state index in [1.54, 1.807) is 17.0 Å². The molecule has 0 aliphatic carbocycles. The van der Waals surface area contributed by atoms with Crippen molar-refractivity contribution in [2.75, 3.05) is 32.1 Å².